The normalized spacial score (nSPS) is 15.9. The van der Waals surface area contributed by atoms with Gasteiger partial charge in [-0.3, -0.25) is 19.7 Å². The molecule has 124 valence electrons. The van der Waals surface area contributed by atoms with Gasteiger partial charge in [-0.2, -0.15) is 0 Å². The number of nitrogens with zero attached hydrogens (tertiary/aromatic N) is 1. The summed E-state index contributed by atoms with van der Waals surface area (Å²) in [4.78, 5) is 33.9. The van der Waals surface area contributed by atoms with Crippen molar-refractivity contribution in [3.63, 3.8) is 0 Å². The van der Waals surface area contributed by atoms with E-state index in [2.05, 4.69) is 10.6 Å². The number of carbonyl (C=O) groups excluding carboxylic acids is 2. The first-order valence-corrected chi connectivity index (χ1v) is 7.37. The number of anilines is 1. The third-order valence-corrected chi connectivity index (χ3v) is 4.00. The molecule has 8 nitrogen and oxygen atoms in total. The van der Waals surface area contributed by atoms with Crippen LogP contribution in [-0.4, -0.2) is 34.0 Å². The lowest BCUT2D eigenvalue weighted by Gasteiger charge is -2.22. The van der Waals surface area contributed by atoms with E-state index in [1.165, 1.54) is 18.2 Å². The van der Waals surface area contributed by atoms with Crippen LogP contribution in [0.15, 0.2) is 18.2 Å². The van der Waals surface area contributed by atoms with Gasteiger partial charge in [0.15, 0.2) is 0 Å². The number of rotatable bonds is 4. The molecular weight excluding hydrogens is 302 g/mol. The van der Waals surface area contributed by atoms with Crippen LogP contribution >= 0.6 is 0 Å². The molecule has 0 atom stereocenters. The second-order valence-corrected chi connectivity index (χ2v) is 5.82. The molecule has 0 bridgehead atoms. The van der Waals surface area contributed by atoms with E-state index in [1.807, 2.05) is 0 Å². The van der Waals surface area contributed by atoms with Gasteiger partial charge in [-0.15, -0.1) is 0 Å². The smallest absolute Gasteiger partial charge is 0.313 e. The highest BCUT2D eigenvalue weighted by molar-refractivity contribution is 6.39. The number of nitro benzene ring substituents is 1. The molecule has 1 aromatic carbocycles. The maximum Gasteiger partial charge on any atom is 0.313 e. The van der Waals surface area contributed by atoms with Gasteiger partial charge in [0.1, 0.15) is 0 Å². The van der Waals surface area contributed by atoms with Gasteiger partial charge in [0, 0.05) is 18.7 Å². The fraction of sp³-hybridized carbons (Fsp3) is 0.467. The quantitative estimate of drug-likeness (QED) is 0.438. The van der Waals surface area contributed by atoms with E-state index >= 15 is 0 Å². The number of hydrogen-bond donors (Lipinski definition) is 3. The number of hydrogen-bond acceptors (Lipinski definition) is 5. The van der Waals surface area contributed by atoms with Crippen molar-refractivity contribution in [2.45, 2.75) is 38.2 Å². The Bertz CT molecular complexity index is 638. The van der Waals surface area contributed by atoms with Gasteiger partial charge in [0.25, 0.3) is 5.69 Å². The molecule has 1 fully saturated rings. The van der Waals surface area contributed by atoms with Crippen LogP contribution in [0.4, 0.5) is 11.4 Å². The summed E-state index contributed by atoms with van der Waals surface area (Å²) in [5.41, 5.74) is -0.311. The standard InChI is InChI=1S/C15H19N3O5/c1-10-4-5-11(18(22)23)8-12(10)17-14(20)13(19)16-9-15(21)6-2-3-7-15/h4-5,8,21H,2-3,6-7,9H2,1H3,(H,16,19)(H,17,20). The lowest BCUT2D eigenvalue weighted by atomic mass is 10.0. The van der Waals surface area contributed by atoms with Crippen molar-refractivity contribution in [1.82, 2.24) is 5.32 Å². The molecule has 2 amide bonds. The Morgan fingerprint density at radius 3 is 2.57 bits per heavy atom. The van der Waals surface area contributed by atoms with Crippen molar-refractivity contribution in [2.24, 2.45) is 0 Å². The number of benzene rings is 1. The highest BCUT2D eigenvalue weighted by Gasteiger charge is 2.32. The average Bonchev–Trinajstić information content (AvgIpc) is 2.94. The van der Waals surface area contributed by atoms with Crippen molar-refractivity contribution in [1.29, 1.82) is 0 Å². The molecule has 8 heteroatoms. The number of amides is 2. The van der Waals surface area contributed by atoms with Crippen molar-refractivity contribution in [3.05, 3.63) is 33.9 Å². The molecule has 0 spiro atoms. The van der Waals surface area contributed by atoms with Gasteiger partial charge in [0.05, 0.1) is 16.2 Å². The molecule has 1 saturated carbocycles. The van der Waals surface area contributed by atoms with Crippen molar-refractivity contribution < 1.29 is 19.6 Å². The van der Waals surface area contributed by atoms with Gasteiger partial charge in [-0.05, 0) is 25.3 Å². The third kappa shape index (κ3) is 4.26. The zero-order chi connectivity index (χ0) is 17.0. The Labute approximate surface area is 133 Å². The number of non-ortho nitro benzene ring substituents is 1. The molecule has 0 radical (unpaired) electrons. The highest BCUT2D eigenvalue weighted by Crippen LogP contribution is 2.28. The predicted molar refractivity (Wildman–Crippen MR) is 82.9 cm³/mol. The molecule has 1 aliphatic rings. The van der Waals surface area contributed by atoms with E-state index in [0.717, 1.165) is 12.8 Å². The maximum absolute atomic E-state index is 11.9. The SMILES string of the molecule is Cc1ccc([N+](=O)[O-])cc1NC(=O)C(=O)NCC1(O)CCCC1. The maximum atomic E-state index is 11.9. The van der Waals surface area contributed by atoms with Crippen LogP contribution in [-0.2, 0) is 9.59 Å². The Kier molecular flexibility index (Phi) is 4.95. The lowest BCUT2D eigenvalue weighted by Crippen LogP contribution is -2.44. The first-order chi connectivity index (χ1) is 10.8. The largest absolute Gasteiger partial charge is 0.388 e. The Morgan fingerprint density at radius 2 is 1.96 bits per heavy atom. The van der Waals surface area contributed by atoms with Crippen molar-refractivity contribution >= 4 is 23.2 Å². The minimum atomic E-state index is -0.947. The molecule has 0 aromatic heterocycles. The predicted octanol–water partition coefficient (Wildman–Crippen LogP) is 1.26. The van der Waals surface area contributed by atoms with E-state index < -0.39 is 22.3 Å². The second-order valence-electron chi connectivity index (χ2n) is 5.82. The molecule has 1 aliphatic carbocycles. The molecule has 0 unspecified atom stereocenters. The molecule has 0 aliphatic heterocycles. The molecule has 1 aromatic rings. The van der Waals surface area contributed by atoms with Crippen LogP contribution in [0.1, 0.15) is 31.2 Å². The minimum absolute atomic E-state index is 0.0210. The van der Waals surface area contributed by atoms with Crippen LogP contribution in [0.5, 0.6) is 0 Å². The van der Waals surface area contributed by atoms with E-state index in [0.29, 0.717) is 18.4 Å². The summed E-state index contributed by atoms with van der Waals surface area (Å²) in [6.45, 7) is 1.69. The summed E-state index contributed by atoms with van der Waals surface area (Å²) in [7, 11) is 0. The summed E-state index contributed by atoms with van der Waals surface area (Å²) in [6.07, 6.45) is 2.98. The third-order valence-electron chi connectivity index (χ3n) is 4.00. The summed E-state index contributed by atoms with van der Waals surface area (Å²) >= 11 is 0. The van der Waals surface area contributed by atoms with E-state index in [4.69, 9.17) is 0 Å². The van der Waals surface area contributed by atoms with Gasteiger partial charge in [-0.1, -0.05) is 18.9 Å². The number of aryl methyl sites for hydroxylation is 1. The molecular formula is C15H19N3O5. The summed E-state index contributed by atoms with van der Waals surface area (Å²) in [6, 6.07) is 4.01. The molecule has 0 saturated heterocycles. The minimum Gasteiger partial charge on any atom is -0.388 e. The van der Waals surface area contributed by atoms with Crippen LogP contribution in [0.2, 0.25) is 0 Å². The molecule has 0 heterocycles. The van der Waals surface area contributed by atoms with Gasteiger partial charge in [0.2, 0.25) is 0 Å². The van der Waals surface area contributed by atoms with Gasteiger partial charge >= 0.3 is 11.8 Å². The monoisotopic (exact) mass is 321 g/mol. The second kappa shape index (κ2) is 6.74. The van der Waals surface area contributed by atoms with Crippen LogP contribution in [0.3, 0.4) is 0 Å². The van der Waals surface area contributed by atoms with Crippen molar-refractivity contribution in [3.8, 4) is 0 Å². The topological polar surface area (TPSA) is 122 Å². The summed E-state index contributed by atoms with van der Waals surface area (Å²) < 4.78 is 0. The van der Waals surface area contributed by atoms with E-state index in [-0.39, 0.29) is 17.9 Å². The van der Waals surface area contributed by atoms with Gasteiger partial charge in [-0.25, -0.2) is 0 Å². The number of aliphatic hydroxyl groups is 1. The van der Waals surface area contributed by atoms with Crippen LogP contribution < -0.4 is 10.6 Å². The van der Waals surface area contributed by atoms with Crippen LogP contribution in [0.25, 0.3) is 0 Å². The zero-order valence-electron chi connectivity index (χ0n) is 12.8. The number of nitro groups is 1. The lowest BCUT2D eigenvalue weighted by molar-refractivity contribution is -0.384. The number of nitrogens with one attached hydrogen (secondary N) is 2. The Balaban J connectivity index is 1.97. The Morgan fingerprint density at radius 1 is 1.30 bits per heavy atom. The molecule has 3 N–H and O–H groups in total. The fourth-order valence-electron chi connectivity index (χ4n) is 2.57. The summed E-state index contributed by atoms with van der Waals surface area (Å²) in [5, 5.41) is 25.6. The average molecular weight is 321 g/mol. The zero-order valence-corrected chi connectivity index (χ0v) is 12.8. The summed E-state index contributed by atoms with van der Waals surface area (Å²) in [5.74, 6) is -1.80. The van der Waals surface area contributed by atoms with Gasteiger partial charge < -0.3 is 15.7 Å². The number of carbonyl (C=O) groups is 2. The first-order valence-electron chi connectivity index (χ1n) is 7.37. The van der Waals surface area contributed by atoms with E-state index in [9.17, 15) is 24.8 Å². The van der Waals surface area contributed by atoms with E-state index in [1.54, 1.807) is 6.92 Å². The fourth-order valence-corrected chi connectivity index (χ4v) is 2.57. The molecule has 23 heavy (non-hydrogen) atoms. The highest BCUT2D eigenvalue weighted by atomic mass is 16.6. The van der Waals surface area contributed by atoms with Crippen LogP contribution in [0, 0.1) is 17.0 Å². The van der Waals surface area contributed by atoms with Crippen molar-refractivity contribution in [2.75, 3.05) is 11.9 Å². The Hall–Kier alpha value is -2.48. The molecule has 2 rings (SSSR count). The first kappa shape index (κ1) is 16.9.